The van der Waals surface area contributed by atoms with Crippen LogP contribution in [0, 0.1) is 12.7 Å². The minimum atomic E-state index is -0.780. The Bertz CT molecular complexity index is 966. The SMILES string of the molecule is CCOC(=O)c1c(C)nc2c(O)c(CCC(O)c3ccc(F)cc3)ccn12. The predicted octanol–water partition coefficient (Wildman–Crippen LogP) is 3.33. The number of benzene rings is 1. The van der Waals surface area contributed by atoms with Gasteiger partial charge in [-0.3, -0.25) is 4.40 Å². The maximum atomic E-state index is 13.0. The summed E-state index contributed by atoms with van der Waals surface area (Å²) in [6.45, 7) is 3.64. The average molecular weight is 372 g/mol. The van der Waals surface area contributed by atoms with Gasteiger partial charge in [0.2, 0.25) is 0 Å². The molecule has 1 aromatic carbocycles. The second-order valence-electron chi connectivity index (χ2n) is 6.26. The van der Waals surface area contributed by atoms with Crippen LogP contribution in [0.5, 0.6) is 5.75 Å². The second kappa shape index (κ2) is 7.75. The number of aromatic nitrogens is 2. The van der Waals surface area contributed by atoms with Gasteiger partial charge in [-0.1, -0.05) is 12.1 Å². The van der Waals surface area contributed by atoms with Gasteiger partial charge >= 0.3 is 5.97 Å². The summed E-state index contributed by atoms with van der Waals surface area (Å²) in [5.41, 5.74) is 2.22. The van der Waals surface area contributed by atoms with Gasteiger partial charge in [0.25, 0.3) is 0 Å². The highest BCUT2D eigenvalue weighted by atomic mass is 19.1. The Labute approximate surface area is 155 Å². The van der Waals surface area contributed by atoms with Crippen LogP contribution in [-0.4, -0.2) is 32.2 Å². The summed E-state index contributed by atoms with van der Waals surface area (Å²) < 4.78 is 19.5. The molecule has 7 heteroatoms. The van der Waals surface area contributed by atoms with Crippen molar-refractivity contribution in [1.29, 1.82) is 0 Å². The number of aliphatic hydroxyl groups excluding tert-OH is 1. The van der Waals surface area contributed by atoms with Gasteiger partial charge in [-0.25, -0.2) is 14.2 Å². The van der Waals surface area contributed by atoms with E-state index in [9.17, 15) is 19.4 Å². The van der Waals surface area contributed by atoms with E-state index in [1.54, 1.807) is 26.1 Å². The van der Waals surface area contributed by atoms with E-state index in [4.69, 9.17) is 4.74 Å². The number of hydrogen-bond donors (Lipinski definition) is 2. The lowest BCUT2D eigenvalue weighted by Crippen LogP contribution is -2.09. The van der Waals surface area contributed by atoms with Crippen LogP contribution < -0.4 is 0 Å². The lowest BCUT2D eigenvalue weighted by Gasteiger charge is -2.12. The largest absolute Gasteiger partial charge is 0.504 e. The third-order valence-corrected chi connectivity index (χ3v) is 4.44. The minimum Gasteiger partial charge on any atom is -0.504 e. The summed E-state index contributed by atoms with van der Waals surface area (Å²) in [5, 5.41) is 20.8. The molecule has 0 amide bonds. The fourth-order valence-electron chi connectivity index (χ4n) is 3.04. The Morgan fingerprint density at radius 1 is 1.30 bits per heavy atom. The molecule has 1 atom stereocenters. The van der Waals surface area contributed by atoms with Crippen molar-refractivity contribution in [2.24, 2.45) is 0 Å². The van der Waals surface area contributed by atoms with E-state index in [-0.39, 0.29) is 29.5 Å². The molecule has 0 radical (unpaired) electrons. The first-order valence-electron chi connectivity index (χ1n) is 8.72. The van der Waals surface area contributed by atoms with Crippen LogP contribution in [0.1, 0.15) is 46.8 Å². The second-order valence-corrected chi connectivity index (χ2v) is 6.26. The number of ether oxygens (including phenoxy) is 1. The zero-order valence-corrected chi connectivity index (χ0v) is 15.1. The monoisotopic (exact) mass is 372 g/mol. The van der Waals surface area contributed by atoms with Crippen molar-refractivity contribution in [3.8, 4) is 5.75 Å². The summed E-state index contributed by atoms with van der Waals surface area (Å²) >= 11 is 0. The normalized spacial score (nSPS) is 12.3. The maximum absolute atomic E-state index is 13.0. The van der Waals surface area contributed by atoms with Crippen LogP contribution in [0.4, 0.5) is 4.39 Å². The molecule has 0 aliphatic heterocycles. The van der Waals surface area contributed by atoms with Crippen molar-refractivity contribution in [3.05, 3.63) is 64.9 Å². The van der Waals surface area contributed by atoms with Crippen LogP contribution in [0.2, 0.25) is 0 Å². The predicted molar refractivity (Wildman–Crippen MR) is 97.2 cm³/mol. The van der Waals surface area contributed by atoms with E-state index >= 15 is 0 Å². The number of nitrogens with zero attached hydrogens (tertiary/aromatic N) is 2. The molecular weight excluding hydrogens is 351 g/mol. The third-order valence-electron chi connectivity index (χ3n) is 4.44. The third kappa shape index (κ3) is 3.78. The molecule has 2 aromatic heterocycles. The van der Waals surface area contributed by atoms with Gasteiger partial charge in [0.05, 0.1) is 18.4 Å². The highest BCUT2D eigenvalue weighted by Crippen LogP contribution is 2.28. The summed E-state index contributed by atoms with van der Waals surface area (Å²) in [6, 6.07) is 7.35. The van der Waals surface area contributed by atoms with Gasteiger partial charge in [-0.15, -0.1) is 0 Å². The van der Waals surface area contributed by atoms with Crippen LogP contribution >= 0.6 is 0 Å². The Morgan fingerprint density at radius 2 is 2.00 bits per heavy atom. The molecule has 0 bridgehead atoms. The number of imidazole rings is 1. The van der Waals surface area contributed by atoms with Crippen LogP contribution in [-0.2, 0) is 11.2 Å². The molecule has 0 saturated carbocycles. The molecule has 0 spiro atoms. The van der Waals surface area contributed by atoms with E-state index in [0.717, 1.165) is 0 Å². The highest BCUT2D eigenvalue weighted by molar-refractivity contribution is 5.90. The molecule has 2 N–H and O–H groups in total. The van der Waals surface area contributed by atoms with Gasteiger partial charge in [0.15, 0.2) is 17.1 Å². The molecular formula is C20H21FN2O4. The van der Waals surface area contributed by atoms with Crippen molar-refractivity contribution >= 4 is 11.6 Å². The Balaban J connectivity index is 1.83. The Kier molecular flexibility index (Phi) is 5.41. The van der Waals surface area contributed by atoms with Crippen molar-refractivity contribution in [2.45, 2.75) is 32.8 Å². The molecule has 27 heavy (non-hydrogen) atoms. The molecule has 3 rings (SSSR count). The Hall–Kier alpha value is -2.93. The minimum absolute atomic E-state index is 0.0394. The van der Waals surface area contributed by atoms with Gasteiger partial charge in [0.1, 0.15) is 5.82 Å². The topological polar surface area (TPSA) is 84.1 Å². The molecule has 0 fully saturated rings. The number of rotatable bonds is 6. The number of aliphatic hydroxyl groups is 1. The molecule has 0 saturated heterocycles. The van der Waals surface area contributed by atoms with E-state index in [2.05, 4.69) is 4.98 Å². The van der Waals surface area contributed by atoms with E-state index in [1.807, 2.05) is 0 Å². The first-order valence-corrected chi connectivity index (χ1v) is 8.72. The summed E-state index contributed by atoms with van der Waals surface area (Å²) in [6.07, 6.45) is 1.61. The fraction of sp³-hybridized carbons (Fsp3) is 0.300. The number of halogens is 1. The molecule has 0 aliphatic carbocycles. The lowest BCUT2D eigenvalue weighted by atomic mass is 10.0. The van der Waals surface area contributed by atoms with Crippen molar-refractivity contribution in [3.63, 3.8) is 0 Å². The van der Waals surface area contributed by atoms with Gasteiger partial charge < -0.3 is 14.9 Å². The summed E-state index contributed by atoms with van der Waals surface area (Å²) in [7, 11) is 0. The number of hydrogen-bond acceptors (Lipinski definition) is 5. The average Bonchev–Trinajstić information content (AvgIpc) is 2.98. The van der Waals surface area contributed by atoms with E-state index in [0.29, 0.717) is 29.7 Å². The van der Waals surface area contributed by atoms with Crippen molar-refractivity contribution in [1.82, 2.24) is 9.38 Å². The lowest BCUT2D eigenvalue weighted by molar-refractivity contribution is 0.0517. The number of carbonyl (C=O) groups is 1. The molecule has 2 heterocycles. The first kappa shape index (κ1) is 18.8. The van der Waals surface area contributed by atoms with Crippen LogP contribution in [0.15, 0.2) is 36.5 Å². The number of esters is 1. The highest BCUT2D eigenvalue weighted by Gasteiger charge is 2.21. The zero-order chi connectivity index (χ0) is 19.6. The summed E-state index contributed by atoms with van der Waals surface area (Å²) in [5.74, 6) is -0.898. The standard InChI is InChI=1S/C20H21FN2O4/c1-3-27-20(26)17-12(2)22-19-18(25)14(10-11-23(17)19)6-9-16(24)13-4-7-15(21)8-5-13/h4-5,7-8,10-11,16,24-25H,3,6,9H2,1-2H3. The summed E-state index contributed by atoms with van der Waals surface area (Å²) in [4.78, 5) is 16.4. The van der Waals surface area contributed by atoms with Gasteiger partial charge in [0, 0.05) is 6.20 Å². The van der Waals surface area contributed by atoms with Gasteiger partial charge in [-0.2, -0.15) is 0 Å². The van der Waals surface area contributed by atoms with Crippen LogP contribution in [0.3, 0.4) is 0 Å². The maximum Gasteiger partial charge on any atom is 0.357 e. The number of fused-ring (bicyclic) bond motifs is 1. The Morgan fingerprint density at radius 3 is 2.67 bits per heavy atom. The number of aromatic hydroxyl groups is 1. The van der Waals surface area contributed by atoms with Crippen molar-refractivity contribution < 1.29 is 24.1 Å². The van der Waals surface area contributed by atoms with E-state index in [1.165, 1.54) is 28.7 Å². The molecule has 1 unspecified atom stereocenters. The smallest absolute Gasteiger partial charge is 0.357 e. The van der Waals surface area contributed by atoms with Gasteiger partial charge in [-0.05, 0) is 56.0 Å². The fourth-order valence-corrected chi connectivity index (χ4v) is 3.04. The number of pyridine rings is 1. The molecule has 3 aromatic rings. The quantitative estimate of drug-likeness (QED) is 0.649. The van der Waals surface area contributed by atoms with Crippen LogP contribution in [0.25, 0.3) is 5.65 Å². The number of carbonyl (C=O) groups excluding carboxylic acids is 1. The molecule has 142 valence electrons. The van der Waals surface area contributed by atoms with Crippen molar-refractivity contribution in [2.75, 3.05) is 6.61 Å². The first-order chi connectivity index (χ1) is 12.9. The molecule has 0 aliphatic rings. The molecule has 6 nitrogen and oxygen atoms in total. The zero-order valence-electron chi connectivity index (χ0n) is 15.1. The number of aryl methyl sites for hydroxylation is 2. The van der Waals surface area contributed by atoms with E-state index < -0.39 is 12.1 Å².